The van der Waals surface area contributed by atoms with Crippen molar-refractivity contribution < 1.29 is 9.53 Å². The van der Waals surface area contributed by atoms with Gasteiger partial charge in [-0.2, -0.15) is 22.8 Å². The normalized spacial score (nSPS) is 14.1. The summed E-state index contributed by atoms with van der Waals surface area (Å²) < 4.78 is 9.27. The predicted octanol–water partition coefficient (Wildman–Crippen LogP) is 2.60. The van der Waals surface area contributed by atoms with Crippen LogP contribution in [-0.4, -0.2) is 38.3 Å². The van der Waals surface area contributed by atoms with Gasteiger partial charge in [0.25, 0.3) is 5.91 Å². The van der Waals surface area contributed by atoms with Gasteiger partial charge >= 0.3 is 0 Å². The lowest BCUT2D eigenvalue weighted by Crippen LogP contribution is -2.17. The number of nitrogens with two attached hydrogens (primary N) is 1. The van der Waals surface area contributed by atoms with Crippen LogP contribution in [0.3, 0.4) is 0 Å². The number of aromatic nitrogens is 4. The fraction of sp³-hybridized carbons (Fsp3) is 0.611. The molecule has 142 valence electrons. The molecule has 8 heteroatoms. The van der Waals surface area contributed by atoms with Gasteiger partial charge < -0.3 is 10.5 Å². The highest BCUT2D eigenvalue weighted by molar-refractivity contribution is 7.80. The van der Waals surface area contributed by atoms with E-state index in [9.17, 15) is 4.79 Å². The number of nitrogens with zero attached hydrogens (tertiary/aromatic N) is 4. The molecule has 0 saturated carbocycles. The fourth-order valence-electron chi connectivity index (χ4n) is 3.62. The molecule has 1 aliphatic carbocycles. The van der Waals surface area contributed by atoms with Crippen molar-refractivity contribution in [2.75, 3.05) is 12.9 Å². The minimum Gasteiger partial charge on any atom is -0.364 e. The van der Waals surface area contributed by atoms with Gasteiger partial charge in [-0.25, -0.2) is 4.68 Å². The second-order valence-electron chi connectivity index (χ2n) is 6.69. The maximum atomic E-state index is 11.9. The van der Waals surface area contributed by atoms with Crippen LogP contribution in [0, 0.1) is 0 Å². The fourth-order valence-corrected chi connectivity index (χ4v) is 3.84. The molecule has 0 saturated heterocycles. The predicted molar refractivity (Wildman–Crippen MR) is 103 cm³/mol. The van der Waals surface area contributed by atoms with Gasteiger partial charge in [-0.15, -0.1) is 0 Å². The summed E-state index contributed by atoms with van der Waals surface area (Å²) in [6, 6.07) is 0. The minimum atomic E-state index is -0.462. The number of thiol groups is 1. The topological polar surface area (TPSA) is 88.0 Å². The maximum absolute atomic E-state index is 11.9. The summed E-state index contributed by atoms with van der Waals surface area (Å²) in [5.74, 6) is 0.458. The van der Waals surface area contributed by atoms with Crippen LogP contribution in [0.4, 0.5) is 0 Å². The van der Waals surface area contributed by atoms with Crippen LogP contribution in [-0.2, 0) is 24.1 Å². The molecule has 0 aromatic carbocycles. The van der Waals surface area contributed by atoms with Crippen LogP contribution < -0.4 is 5.73 Å². The Balaban J connectivity index is 1.93. The third-order valence-electron chi connectivity index (χ3n) is 5.01. The summed E-state index contributed by atoms with van der Waals surface area (Å²) in [6.07, 6.45) is 7.67. The summed E-state index contributed by atoms with van der Waals surface area (Å²) >= 11 is 4.25. The van der Waals surface area contributed by atoms with Gasteiger partial charge in [0.1, 0.15) is 6.23 Å². The molecule has 0 fully saturated rings. The van der Waals surface area contributed by atoms with E-state index in [1.165, 1.54) is 0 Å². The first-order chi connectivity index (χ1) is 12.6. The van der Waals surface area contributed by atoms with E-state index in [1.54, 1.807) is 7.11 Å². The number of rotatable bonds is 9. The number of aryl methyl sites for hydroxylation is 1. The third-order valence-corrected chi connectivity index (χ3v) is 5.33. The Morgan fingerprint density at radius 3 is 2.81 bits per heavy atom. The van der Waals surface area contributed by atoms with Crippen molar-refractivity contribution in [1.29, 1.82) is 0 Å². The number of carbonyl (C=O) groups excluding carboxylic acids is 1. The molecule has 7 nitrogen and oxygen atoms in total. The van der Waals surface area contributed by atoms with Crippen LogP contribution in [0.25, 0.3) is 11.3 Å². The van der Waals surface area contributed by atoms with E-state index in [0.29, 0.717) is 5.69 Å². The van der Waals surface area contributed by atoms with Gasteiger partial charge in [0, 0.05) is 24.8 Å². The van der Waals surface area contributed by atoms with E-state index in [0.717, 1.165) is 73.3 Å². The third kappa shape index (κ3) is 3.53. The lowest BCUT2D eigenvalue weighted by molar-refractivity contribution is 0.0477. The molecular weight excluding hydrogens is 350 g/mol. The SMILES string of the molecule is COC(C)n1ncc2c1CCc1c(C(N)=O)nn(CCCCCCS)c1-2. The van der Waals surface area contributed by atoms with Gasteiger partial charge in [-0.3, -0.25) is 9.48 Å². The summed E-state index contributed by atoms with van der Waals surface area (Å²) in [7, 11) is 1.67. The van der Waals surface area contributed by atoms with E-state index in [1.807, 2.05) is 22.5 Å². The average Bonchev–Trinajstić information content (AvgIpc) is 3.22. The number of primary amides is 1. The minimum absolute atomic E-state index is 0.131. The molecule has 3 rings (SSSR count). The number of amides is 1. The molecule has 0 aliphatic heterocycles. The molecular formula is C18H27N5O2S. The Morgan fingerprint density at radius 2 is 2.12 bits per heavy atom. The number of fused-ring (bicyclic) bond motifs is 3. The zero-order valence-corrected chi connectivity index (χ0v) is 16.3. The number of ether oxygens (including phenoxy) is 1. The van der Waals surface area contributed by atoms with Crippen LogP contribution in [0.1, 0.15) is 60.6 Å². The first kappa shape index (κ1) is 19.0. The summed E-state index contributed by atoms with van der Waals surface area (Å²) in [6.45, 7) is 2.74. The molecule has 26 heavy (non-hydrogen) atoms. The van der Waals surface area contributed by atoms with E-state index >= 15 is 0 Å². The second-order valence-corrected chi connectivity index (χ2v) is 7.13. The molecule has 2 N–H and O–H groups in total. The Bertz CT molecular complexity index is 783. The molecule has 2 aromatic heterocycles. The van der Waals surface area contributed by atoms with E-state index in [-0.39, 0.29) is 6.23 Å². The standard InChI is InChI=1S/C18H27N5O2S/c1-12(25-2)23-15-8-7-13-16(18(19)24)21-22(9-5-3-4-6-10-26)17(13)14(15)11-20-23/h11-12,26H,3-10H2,1-2H3,(H2,19,24). The highest BCUT2D eigenvalue weighted by Crippen LogP contribution is 2.36. The van der Waals surface area contributed by atoms with Crippen molar-refractivity contribution in [3.8, 4) is 11.3 Å². The highest BCUT2D eigenvalue weighted by Gasteiger charge is 2.30. The smallest absolute Gasteiger partial charge is 0.269 e. The van der Waals surface area contributed by atoms with Gasteiger partial charge in [0.2, 0.25) is 0 Å². The first-order valence-corrected chi connectivity index (χ1v) is 9.81. The Morgan fingerprint density at radius 1 is 1.35 bits per heavy atom. The van der Waals surface area contributed by atoms with Crippen molar-refractivity contribution in [2.45, 2.75) is 58.2 Å². The number of methoxy groups -OCH3 is 1. The lowest BCUT2D eigenvalue weighted by atomic mass is 9.93. The van der Waals surface area contributed by atoms with E-state index < -0.39 is 5.91 Å². The van der Waals surface area contributed by atoms with Gasteiger partial charge in [-0.1, -0.05) is 12.8 Å². The molecule has 0 radical (unpaired) electrons. The Hall–Kier alpha value is -1.80. The van der Waals surface area contributed by atoms with Crippen LogP contribution >= 0.6 is 12.6 Å². The first-order valence-electron chi connectivity index (χ1n) is 9.18. The molecule has 1 atom stereocenters. The molecule has 0 bridgehead atoms. The average molecular weight is 378 g/mol. The quantitative estimate of drug-likeness (QED) is 0.519. The number of hydrogen-bond donors (Lipinski definition) is 2. The van der Waals surface area contributed by atoms with Crippen molar-refractivity contribution in [3.63, 3.8) is 0 Å². The Kier molecular flexibility index (Phi) is 6.03. The van der Waals surface area contributed by atoms with Crippen molar-refractivity contribution in [1.82, 2.24) is 19.6 Å². The molecule has 2 heterocycles. The van der Waals surface area contributed by atoms with Gasteiger partial charge in [0.05, 0.1) is 17.6 Å². The van der Waals surface area contributed by atoms with Gasteiger partial charge in [0.15, 0.2) is 5.69 Å². The summed E-state index contributed by atoms with van der Waals surface area (Å²) in [5, 5.41) is 9.05. The number of carbonyl (C=O) groups is 1. The van der Waals surface area contributed by atoms with Crippen LogP contribution in [0.15, 0.2) is 6.20 Å². The van der Waals surface area contributed by atoms with Gasteiger partial charge in [-0.05, 0) is 38.4 Å². The lowest BCUT2D eigenvalue weighted by Gasteiger charge is -2.19. The monoisotopic (exact) mass is 377 g/mol. The molecule has 1 aliphatic rings. The largest absolute Gasteiger partial charge is 0.364 e. The zero-order valence-electron chi connectivity index (χ0n) is 15.4. The van der Waals surface area contributed by atoms with Crippen molar-refractivity contribution in [2.24, 2.45) is 5.73 Å². The Labute approximate surface area is 159 Å². The van der Waals surface area contributed by atoms with E-state index in [4.69, 9.17) is 10.5 Å². The molecule has 2 aromatic rings. The summed E-state index contributed by atoms with van der Waals surface area (Å²) in [5.41, 5.74) is 10.1. The highest BCUT2D eigenvalue weighted by atomic mass is 32.1. The van der Waals surface area contributed by atoms with Crippen LogP contribution in [0.5, 0.6) is 0 Å². The maximum Gasteiger partial charge on any atom is 0.269 e. The molecule has 1 amide bonds. The van der Waals surface area contributed by atoms with E-state index in [2.05, 4.69) is 22.8 Å². The zero-order chi connectivity index (χ0) is 18.7. The number of unbranched alkanes of at least 4 members (excludes halogenated alkanes) is 3. The van der Waals surface area contributed by atoms with Crippen molar-refractivity contribution in [3.05, 3.63) is 23.1 Å². The molecule has 1 unspecified atom stereocenters. The second kappa shape index (κ2) is 8.26. The number of hydrogen-bond acceptors (Lipinski definition) is 5. The summed E-state index contributed by atoms with van der Waals surface area (Å²) in [4.78, 5) is 11.9. The molecule has 0 spiro atoms. The van der Waals surface area contributed by atoms with Crippen molar-refractivity contribution >= 4 is 18.5 Å². The van der Waals surface area contributed by atoms with Crippen LogP contribution in [0.2, 0.25) is 0 Å².